The third-order valence-corrected chi connectivity index (χ3v) is 9.29. The van der Waals surface area contributed by atoms with Gasteiger partial charge in [-0.25, -0.2) is 0 Å². The first-order valence-corrected chi connectivity index (χ1v) is 14.3. The average Bonchev–Trinajstić information content (AvgIpc) is 3.32. The minimum absolute atomic E-state index is 0.00508. The zero-order chi connectivity index (χ0) is 26.7. The van der Waals surface area contributed by atoms with E-state index in [0.29, 0.717) is 51.4 Å². The predicted octanol–water partition coefficient (Wildman–Crippen LogP) is 6.69. The van der Waals surface area contributed by atoms with Gasteiger partial charge in [-0.05, 0) is 74.5 Å². The molecule has 4 rings (SSSR count). The Bertz CT molecular complexity index is 1150. The second-order valence-electron chi connectivity index (χ2n) is 10.4. The maximum absolute atomic E-state index is 14.0. The quantitative estimate of drug-likeness (QED) is 0.347. The van der Waals surface area contributed by atoms with Gasteiger partial charge in [-0.1, -0.05) is 58.5 Å². The fraction of sp³-hybridized carbons (Fsp3) is 0.500. The van der Waals surface area contributed by atoms with E-state index in [9.17, 15) is 9.59 Å². The Morgan fingerprint density at radius 2 is 1.62 bits per heavy atom. The Morgan fingerprint density at radius 3 is 2.22 bits per heavy atom. The van der Waals surface area contributed by atoms with Crippen molar-refractivity contribution in [2.45, 2.75) is 57.0 Å². The van der Waals surface area contributed by atoms with Crippen LogP contribution in [-0.2, 0) is 21.5 Å². The molecule has 0 aliphatic carbocycles. The molecule has 37 heavy (non-hydrogen) atoms. The van der Waals surface area contributed by atoms with Crippen LogP contribution in [0.5, 0.6) is 0 Å². The normalized spacial score (nSPS) is 18.8. The number of rotatable bonds is 8. The maximum atomic E-state index is 14.0. The molecule has 200 valence electrons. The molecule has 2 heterocycles. The molecule has 0 aromatic heterocycles. The van der Waals surface area contributed by atoms with E-state index in [1.54, 1.807) is 36.2 Å². The van der Waals surface area contributed by atoms with Crippen molar-refractivity contribution in [3.05, 3.63) is 67.6 Å². The van der Waals surface area contributed by atoms with Crippen LogP contribution in [0.2, 0.25) is 20.1 Å². The first kappa shape index (κ1) is 28.5. The van der Waals surface area contributed by atoms with Gasteiger partial charge in [-0.3, -0.25) is 9.59 Å². The van der Waals surface area contributed by atoms with Crippen LogP contribution in [0.3, 0.4) is 0 Å². The van der Waals surface area contributed by atoms with E-state index < -0.39 is 5.41 Å². The summed E-state index contributed by atoms with van der Waals surface area (Å²) in [7, 11) is 1.80. The van der Waals surface area contributed by atoms with Gasteiger partial charge in [-0.15, -0.1) is 0 Å². The van der Waals surface area contributed by atoms with Crippen LogP contribution in [0.25, 0.3) is 0 Å². The molecule has 2 aromatic rings. The third-order valence-electron chi connectivity index (χ3n) is 7.82. The lowest BCUT2D eigenvalue weighted by molar-refractivity contribution is -0.136. The SMILES string of the molecule is CN(Cc1ccc(Cl)c(Cl)c1)C(=O)C(C)(CCN1CCC(N2CCCC2=O)CC1)c1ccc(Cl)c(Cl)c1. The molecular formula is C28H33Cl4N3O2. The number of likely N-dealkylation sites (N-methyl/N-ethyl adjacent to an activating group) is 1. The van der Waals surface area contributed by atoms with E-state index in [1.165, 1.54) is 0 Å². The second kappa shape index (κ2) is 12.1. The standard InChI is InChI=1S/C28H33Cl4N3O2/c1-28(20-6-8-23(30)25(32)17-20,27(37)33(2)18-19-5-7-22(29)24(31)16-19)11-15-34-13-9-21(10-14-34)35-12-3-4-26(35)36/h5-8,16-17,21H,3-4,9-15,18H2,1-2H3. The van der Waals surface area contributed by atoms with Crippen molar-refractivity contribution in [3.63, 3.8) is 0 Å². The molecule has 0 bridgehead atoms. The summed E-state index contributed by atoms with van der Waals surface area (Å²) in [6.07, 6.45) is 4.22. The Balaban J connectivity index is 1.47. The summed E-state index contributed by atoms with van der Waals surface area (Å²) in [5.74, 6) is 0.288. The molecule has 2 aromatic carbocycles. The Labute approximate surface area is 239 Å². The summed E-state index contributed by atoms with van der Waals surface area (Å²) < 4.78 is 0. The van der Waals surface area contributed by atoms with Crippen molar-refractivity contribution < 1.29 is 9.59 Å². The van der Waals surface area contributed by atoms with Crippen LogP contribution in [0, 0.1) is 0 Å². The molecule has 1 atom stereocenters. The minimum atomic E-state index is -0.805. The lowest BCUT2D eigenvalue weighted by Gasteiger charge is -2.39. The summed E-state index contributed by atoms with van der Waals surface area (Å²) in [6, 6.07) is 11.2. The highest BCUT2D eigenvalue weighted by Crippen LogP contribution is 2.35. The van der Waals surface area contributed by atoms with Crippen molar-refractivity contribution in [3.8, 4) is 0 Å². The lowest BCUT2D eigenvalue weighted by atomic mass is 9.77. The van der Waals surface area contributed by atoms with Crippen molar-refractivity contribution in [1.82, 2.24) is 14.7 Å². The van der Waals surface area contributed by atoms with Crippen LogP contribution in [-0.4, -0.2) is 65.8 Å². The molecule has 9 heteroatoms. The highest BCUT2D eigenvalue weighted by atomic mass is 35.5. The number of benzene rings is 2. The highest BCUT2D eigenvalue weighted by Gasteiger charge is 2.39. The monoisotopic (exact) mass is 583 g/mol. The smallest absolute Gasteiger partial charge is 0.233 e. The largest absolute Gasteiger partial charge is 0.341 e. The fourth-order valence-electron chi connectivity index (χ4n) is 5.51. The summed E-state index contributed by atoms with van der Waals surface area (Å²) in [5, 5.41) is 1.84. The van der Waals surface area contributed by atoms with Gasteiger partial charge in [0.2, 0.25) is 11.8 Å². The van der Waals surface area contributed by atoms with E-state index in [4.69, 9.17) is 46.4 Å². The number of carbonyl (C=O) groups excluding carboxylic acids is 2. The number of nitrogens with zero attached hydrogens (tertiary/aromatic N) is 3. The average molecular weight is 585 g/mol. The van der Waals surface area contributed by atoms with Crippen molar-refractivity contribution in [1.29, 1.82) is 0 Å². The zero-order valence-electron chi connectivity index (χ0n) is 21.3. The second-order valence-corrected chi connectivity index (χ2v) is 12.0. The third kappa shape index (κ3) is 6.57. The maximum Gasteiger partial charge on any atom is 0.233 e. The summed E-state index contributed by atoms with van der Waals surface area (Å²) in [5.41, 5.74) is 0.937. The van der Waals surface area contributed by atoms with Gasteiger partial charge >= 0.3 is 0 Å². The molecule has 2 amide bonds. The van der Waals surface area contributed by atoms with E-state index in [-0.39, 0.29) is 5.91 Å². The van der Waals surface area contributed by atoms with Gasteiger partial charge in [0.15, 0.2) is 0 Å². The zero-order valence-corrected chi connectivity index (χ0v) is 24.3. The number of piperidine rings is 1. The van der Waals surface area contributed by atoms with E-state index in [2.05, 4.69) is 9.80 Å². The predicted molar refractivity (Wildman–Crippen MR) is 152 cm³/mol. The van der Waals surface area contributed by atoms with Crippen LogP contribution in [0.4, 0.5) is 0 Å². The van der Waals surface area contributed by atoms with Gasteiger partial charge in [0.25, 0.3) is 0 Å². The number of hydrogen-bond acceptors (Lipinski definition) is 3. The van der Waals surface area contributed by atoms with Crippen LogP contribution in [0.1, 0.15) is 50.2 Å². The molecule has 1 unspecified atom stereocenters. The number of carbonyl (C=O) groups is 2. The molecule has 2 aliphatic rings. The minimum Gasteiger partial charge on any atom is -0.341 e. The highest BCUT2D eigenvalue weighted by molar-refractivity contribution is 6.42. The molecule has 0 spiro atoms. The number of likely N-dealkylation sites (tertiary alicyclic amines) is 2. The first-order chi connectivity index (χ1) is 17.6. The topological polar surface area (TPSA) is 43.9 Å². The first-order valence-electron chi connectivity index (χ1n) is 12.8. The van der Waals surface area contributed by atoms with Crippen LogP contribution >= 0.6 is 46.4 Å². The van der Waals surface area contributed by atoms with Crippen molar-refractivity contribution >= 4 is 58.2 Å². The number of amides is 2. The number of hydrogen-bond donors (Lipinski definition) is 0. The van der Waals surface area contributed by atoms with Gasteiger partial charge < -0.3 is 14.7 Å². The summed E-state index contributed by atoms with van der Waals surface area (Å²) in [4.78, 5) is 32.3. The van der Waals surface area contributed by atoms with Gasteiger partial charge in [-0.2, -0.15) is 0 Å². The molecule has 2 fully saturated rings. The van der Waals surface area contributed by atoms with Crippen LogP contribution in [0.15, 0.2) is 36.4 Å². The molecule has 2 aliphatic heterocycles. The van der Waals surface area contributed by atoms with E-state index in [0.717, 1.165) is 56.6 Å². The molecule has 0 saturated carbocycles. The Kier molecular flexibility index (Phi) is 9.34. The molecule has 0 N–H and O–H groups in total. The van der Waals surface area contributed by atoms with Crippen LogP contribution < -0.4 is 0 Å². The van der Waals surface area contributed by atoms with Gasteiger partial charge in [0.1, 0.15) is 0 Å². The van der Waals surface area contributed by atoms with Crippen molar-refractivity contribution in [2.75, 3.05) is 33.2 Å². The number of halogens is 4. The molecule has 2 saturated heterocycles. The van der Waals surface area contributed by atoms with E-state index >= 15 is 0 Å². The molecular weight excluding hydrogens is 552 g/mol. The Hall–Kier alpha value is -1.50. The summed E-state index contributed by atoms with van der Waals surface area (Å²) in [6.45, 7) is 5.87. The molecule has 0 radical (unpaired) electrons. The fourth-order valence-corrected chi connectivity index (χ4v) is 6.13. The lowest BCUT2D eigenvalue weighted by Crippen LogP contribution is -2.48. The molecule has 5 nitrogen and oxygen atoms in total. The van der Waals surface area contributed by atoms with Gasteiger partial charge in [0, 0.05) is 45.7 Å². The Morgan fingerprint density at radius 1 is 0.973 bits per heavy atom. The van der Waals surface area contributed by atoms with Gasteiger partial charge in [0.05, 0.1) is 25.5 Å². The van der Waals surface area contributed by atoms with E-state index in [1.807, 2.05) is 19.1 Å². The van der Waals surface area contributed by atoms with Crippen molar-refractivity contribution in [2.24, 2.45) is 0 Å². The summed E-state index contributed by atoms with van der Waals surface area (Å²) >= 11 is 24.8.